The molecule has 3 aliphatic heterocycles. The molecule has 0 aromatic heterocycles. The second-order valence-corrected chi connectivity index (χ2v) is 18.8. The predicted molar refractivity (Wildman–Crippen MR) is 210 cm³/mol. The van der Waals surface area contributed by atoms with Crippen LogP contribution in [0.2, 0.25) is 5.02 Å². The van der Waals surface area contributed by atoms with Gasteiger partial charge >= 0.3 is 0 Å². The van der Waals surface area contributed by atoms with Crippen molar-refractivity contribution in [2.45, 2.75) is 96.1 Å². The second kappa shape index (κ2) is 16.0. The van der Waals surface area contributed by atoms with Crippen LogP contribution >= 0.6 is 11.6 Å². The molecule has 9 nitrogen and oxygen atoms in total. The first-order valence-corrected chi connectivity index (χ1v) is 21.2. The summed E-state index contributed by atoms with van der Waals surface area (Å²) in [5.41, 5.74) is 2.92. The molecule has 0 spiro atoms. The number of rotatable bonds is 4. The van der Waals surface area contributed by atoms with Crippen LogP contribution in [-0.2, 0) is 27.8 Å². The van der Waals surface area contributed by atoms with Crippen LogP contribution in [0.5, 0.6) is 5.75 Å². The van der Waals surface area contributed by atoms with Crippen LogP contribution in [0.15, 0.2) is 48.6 Å². The molecule has 1 saturated carbocycles. The number of ether oxygens (including phenoxy) is 2. The molecule has 1 N–H and O–H groups in total. The van der Waals surface area contributed by atoms with Gasteiger partial charge in [0.25, 0.3) is 5.91 Å². The van der Waals surface area contributed by atoms with Gasteiger partial charge in [-0.05, 0) is 125 Å². The van der Waals surface area contributed by atoms with Crippen molar-refractivity contribution in [3.8, 4) is 5.75 Å². The molecule has 1 saturated heterocycles. The Kier molecular flexibility index (Phi) is 12.0. The van der Waals surface area contributed by atoms with Gasteiger partial charge in [-0.25, -0.2) is 13.1 Å². The van der Waals surface area contributed by atoms with Gasteiger partial charge in [0, 0.05) is 62.5 Å². The van der Waals surface area contributed by atoms with Gasteiger partial charge < -0.3 is 14.4 Å². The average molecular weight is 755 g/mol. The van der Waals surface area contributed by atoms with E-state index in [9.17, 15) is 13.2 Å². The van der Waals surface area contributed by atoms with Crippen LogP contribution in [0.4, 0.5) is 5.69 Å². The number of sulfonamides is 1. The highest BCUT2D eigenvalue weighted by Crippen LogP contribution is 2.47. The number of hydrogen-bond acceptors (Lipinski definition) is 8. The third kappa shape index (κ3) is 8.36. The first kappa shape index (κ1) is 39.1. The van der Waals surface area contributed by atoms with Crippen molar-refractivity contribution in [3.05, 3.63) is 70.3 Å². The molecule has 52 heavy (non-hydrogen) atoms. The number of allylic oxidation sites excluding steroid dienone is 1. The summed E-state index contributed by atoms with van der Waals surface area (Å²) in [6, 6.07) is 11.3. The lowest BCUT2D eigenvalue weighted by atomic mass is 9.63. The zero-order valence-electron chi connectivity index (χ0n) is 32.0. The molecule has 286 valence electrons. The molecule has 0 unspecified atom stereocenters. The quantitative estimate of drug-likeness (QED) is 0.336. The van der Waals surface area contributed by atoms with Gasteiger partial charge in [-0.15, -0.1) is 0 Å². The summed E-state index contributed by atoms with van der Waals surface area (Å²) in [5.74, 6) is 0.457. The third-order valence-electron chi connectivity index (χ3n) is 12.6. The molecule has 1 amide bonds. The fourth-order valence-electron chi connectivity index (χ4n) is 8.99. The van der Waals surface area contributed by atoms with Crippen LogP contribution in [-0.4, -0.2) is 93.4 Å². The molecule has 0 radical (unpaired) electrons. The monoisotopic (exact) mass is 754 g/mol. The number of methoxy groups -OCH3 is 1. The van der Waals surface area contributed by atoms with Gasteiger partial charge in [0.2, 0.25) is 10.0 Å². The smallest absolute Gasteiger partial charge is 0.264 e. The number of likely N-dealkylation sites (N-methyl/N-ethyl adjacent to an activating group) is 1. The van der Waals surface area contributed by atoms with E-state index < -0.39 is 26.8 Å². The Balaban J connectivity index is 1.39. The third-order valence-corrected chi connectivity index (χ3v) is 14.7. The Morgan fingerprint density at radius 1 is 1.04 bits per heavy atom. The minimum Gasteiger partial charge on any atom is -0.487 e. The van der Waals surface area contributed by atoms with E-state index in [-0.39, 0.29) is 17.4 Å². The molecule has 6 rings (SSSR count). The standard InChI is InChI=1S/C41H59ClN4O5S/c1-7-46-22-21-44(27-40(46,4)5)28-41(50-6)19-10-11-29(2)30(3)52(48,49)43-39(47)32-15-18-38-37(24-32)45(25-33-14-17-36(33)41)20-9-8-12-31-23-35(42)16-13-34(31)26-51-38/h10,13,15-16,18-19,23-24,29-30,33,36H,7-9,11-12,14,17,20-22,25-28H2,1-6H3,(H,43,47)/b19-10+/t29-,30+,33-,36+,41-/m0/s1. The van der Waals surface area contributed by atoms with Crippen molar-refractivity contribution in [2.24, 2.45) is 17.8 Å². The van der Waals surface area contributed by atoms with E-state index in [1.165, 1.54) is 5.56 Å². The Hall–Kier alpha value is -2.63. The number of fused-ring (bicyclic) bond motifs is 3. The lowest BCUT2D eigenvalue weighted by Crippen LogP contribution is -2.63. The molecule has 3 heterocycles. The molecular weight excluding hydrogens is 696 g/mol. The highest BCUT2D eigenvalue weighted by Gasteiger charge is 2.49. The average Bonchev–Trinajstić information content (AvgIpc) is 3.11. The zero-order chi connectivity index (χ0) is 37.3. The molecule has 2 aromatic rings. The van der Waals surface area contributed by atoms with Crippen molar-refractivity contribution >= 4 is 33.2 Å². The summed E-state index contributed by atoms with van der Waals surface area (Å²) >= 11 is 6.41. The largest absolute Gasteiger partial charge is 0.487 e. The fourth-order valence-corrected chi connectivity index (χ4v) is 10.5. The Labute approximate surface area is 317 Å². The number of anilines is 1. The van der Waals surface area contributed by atoms with E-state index >= 15 is 0 Å². The maximum atomic E-state index is 13.6. The van der Waals surface area contributed by atoms with E-state index in [1.807, 2.05) is 44.4 Å². The van der Waals surface area contributed by atoms with Crippen molar-refractivity contribution in [3.63, 3.8) is 0 Å². The van der Waals surface area contributed by atoms with Gasteiger partial charge in [-0.3, -0.25) is 14.6 Å². The van der Waals surface area contributed by atoms with Crippen LogP contribution in [0, 0.1) is 17.8 Å². The van der Waals surface area contributed by atoms with E-state index in [4.69, 9.17) is 21.1 Å². The van der Waals surface area contributed by atoms with Gasteiger partial charge in [0.05, 0.1) is 10.9 Å². The summed E-state index contributed by atoms with van der Waals surface area (Å²) in [6.07, 6.45) is 9.91. The van der Waals surface area contributed by atoms with E-state index in [2.05, 4.69) is 52.3 Å². The van der Waals surface area contributed by atoms with Gasteiger partial charge in [0.1, 0.15) is 18.0 Å². The minimum atomic E-state index is -3.96. The molecule has 1 aliphatic carbocycles. The van der Waals surface area contributed by atoms with E-state index in [0.29, 0.717) is 30.3 Å². The lowest BCUT2D eigenvalue weighted by Gasteiger charge is -2.53. The van der Waals surface area contributed by atoms with E-state index in [0.717, 1.165) is 94.2 Å². The van der Waals surface area contributed by atoms with Gasteiger partial charge in [-0.1, -0.05) is 43.7 Å². The highest BCUT2D eigenvalue weighted by molar-refractivity contribution is 7.90. The van der Waals surface area contributed by atoms with E-state index in [1.54, 1.807) is 13.0 Å². The number of hydrogen-bond donors (Lipinski definition) is 1. The van der Waals surface area contributed by atoms with Crippen molar-refractivity contribution in [1.29, 1.82) is 0 Å². The van der Waals surface area contributed by atoms with Crippen LogP contribution in [0.25, 0.3) is 0 Å². The number of aryl methyl sites for hydroxylation is 1. The molecule has 2 aromatic carbocycles. The molecule has 2 fully saturated rings. The second-order valence-electron chi connectivity index (χ2n) is 16.3. The number of carbonyl (C=O) groups excluding carboxylic acids is 1. The SMILES string of the molecule is CCN1CCN(C[C@@]2(OC)/C=C/C[C@H](C)[C@@H](C)S(=O)(=O)NC(=O)c3ccc4c(c3)N(CCCCc3cc(Cl)ccc3CO4)C[C@@H]3CC[C@H]32)CC1(C)C. The number of amides is 1. The Morgan fingerprint density at radius 2 is 1.85 bits per heavy atom. The summed E-state index contributed by atoms with van der Waals surface area (Å²) < 4.78 is 42.8. The fraction of sp³-hybridized carbons (Fsp3) is 0.634. The molecule has 11 heteroatoms. The van der Waals surface area contributed by atoms with Crippen molar-refractivity contribution < 1.29 is 22.7 Å². The maximum Gasteiger partial charge on any atom is 0.264 e. The van der Waals surface area contributed by atoms with Gasteiger partial charge in [0.15, 0.2) is 0 Å². The Bertz CT molecular complexity index is 1730. The molecule has 2 bridgehead atoms. The summed E-state index contributed by atoms with van der Waals surface area (Å²) in [6.45, 7) is 17.2. The number of piperazine rings is 1. The predicted octanol–water partition coefficient (Wildman–Crippen LogP) is 6.93. The zero-order valence-corrected chi connectivity index (χ0v) is 33.6. The number of nitrogens with one attached hydrogen (secondary N) is 1. The number of nitrogens with zero attached hydrogens (tertiary/aromatic N) is 3. The highest BCUT2D eigenvalue weighted by atomic mass is 35.5. The van der Waals surface area contributed by atoms with Crippen LogP contribution in [0.3, 0.4) is 0 Å². The first-order chi connectivity index (χ1) is 24.7. The van der Waals surface area contributed by atoms with Crippen molar-refractivity contribution in [1.82, 2.24) is 14.5 Å². The summed E-state index contributed by atoms with van der Waals surface area (Å²) in [4.78, 5) is 21.1. The summed E-state index contributed by atoms with van der Waals surface area (Å²) in [7, 11) is -2.10. The normalized spacial score (nSPS) is 30.8. The summed E-state index contributed by atoms with van der Waals surface area (Å²) in [5, 5.41) is -0.0597. The number of halogens is 1. The minimum absolute atomic E-state index is 0.0542. The molecule has 5 atom stereocenters. The topological polar surface area (TPSA) is 91.4 Å². The maximum absolute atomic E-state index is 13.6. The van der Waals surface area contributed by atoms with Crippen LogP contribution < -0.4 is 14.4 Å². The molecule has 4 aliphatic rings. The molecular formula is C41H59ClN4O5S. The first-order valence-electron chi connectivity index (χ1n) is 19.3. The van der Waals surface area contributed by atoms with Crippen LogP contribution in [0.1, 0.15) is 88.2 Å². The van der Waals surface area contributed by atoms with Crippen molar-refractivity contribution in [2.75, 3.05) is 57.8 Å². The lowest BCUT2D eigenvalue weighted by molar-refractivity contribution is -0.104. The Morgan fingerprint density at radius 3 is 2.56 bits per heavy atom. The number of benzene rings is 2. The van der Waals surface area contributed by atoms with Gasteiger partial charge in [-0.2, -0.15) is 0 Å². The number of carbonyl (C=O) groups is 1.